The van der Waals surface area contributed by atoms with Gasteiger partial charge in [0.05, 0.1) is 18.6 Å². The molecule has 4 aromatic heterocycles. The van der Waals surface area contributed by atoms with Crippen LogP contribution in [-0.2, 0) is 16.1 Å². The first-order valence-corrected chi connectivity index (χ1v) is 11.7. The molecule has 4 aromatic rings. The second-order valence-electron chi connectivity index (χ2n) is 8.76. The normalized spacial score (nSPS) is 21.3. The molecule has 5 rings (SSSR count). The van der Waals surface area contributed by atoms with Crippen molar-refractivity contribution in [2.45, 2.75) is 44.9 Å². The molecule has 192 valence electrons. The summed E-state index contributed by atoms with van der Waals surface area (Å²) in [7, 11) is 1.51. The molecular formula is C24H27N9O4. The fraction of sp³-hybridized carbons (Fsp3) is 0.333. The Morgan fingerprint density at radius 3 is 2.73 bits per heavy atom. The summed E-state index contributed by atoms with van der Waals surface area (Å²) in [5.41, 5.74) is 8.96. The number of anilines is 1. The first-order chi connectivity index (χ1) is 17.9. The number of nitrogens with zero attached hydrogens (tertiary/aromatic N) is 6. The Hall–Kier alpha value is -4.04. The lowest BCUT2D eigenvalue weighted by Crippen LogP contribution is -2.46. The average molecular weight is 506 g/mol. The Kier molecular flexibility index (Phi) is 6.76. The number of imidazole rings is 1. The molecule has 0 saturated carbocycles. The van der Waals surface area contributed by atoms with Crippen LogP contribution in [0.5, 0.6) is 0 Å². The third-order valence-electron chi connectivity index (χ3n) is 5.96. The second-order valence-corrected chi connectivity index (χ2v) is 8.76. The Bertz CT molecular complexity index is 1440. The van der Waals surface area contributed by atoms with E-state index < -0.39 is 30.4 Å². The molecular weight excluding hydrogens is 478 g/mol. The summed E-state index contributed by atoms with van der Waals surface area (Å²) < 4.78 is 7.25. The van der Waals surface area contributed by atoms with E-state index in [4.69, 9.17) is 14.7 Å². The fourth-order valence-corrected chi connectivity index (χ4v) is 4.20. The number of rotatable bonds is 7. The number of fused-ring (bicyclic) bond motifs is 1. The van der Waals surface area contributed by atoms with Crippen molar-refractivity contribution in [1.29, 1.82) is 0 Å². The Labute approximate surface area is 212 Å². The van der Waals surface area contributed by atoms with Crippen molar-refractivity contribution in [2.24, 2.45) is 0 Å². The first-order valence-electron chi connectivity index (χ1n) is 11.7. The number of ether oxygens (including phenoxy) is 1. The van der Waals surface area contributed by atoms with Crippen molar-refractivity contribution >= 4 is 22.9 Å². The maximum absolute atomic E-state index is 12.3. The Morgan fingerprint density at radius 2 is 1.97 bits per heavy atom. The van der Waals surface area contributed by atoms with Crippen LogP contribution in [0.3, 0.4) is 0 Å². The third-order valence-corrected chi connectivity index (χ3v) is 5.96. The van der Waals surface area contributed by atoms with E-state index >= 15 is 0 Å². The van der Waals surface area contributed by atoms with E-state index in [9.17, 15) is 15.0 Å². The highest BCUT2D eigenvalue weighted by Crippen LogP contribution is 2.33. The molecule has 13 heteroatoms. The molecule has 1 fully saturated rings. The van der Waals surface area contributed by atoms with E-state index in [-0.39, 0.29) is 0 Å². The zero-order valence-electron chi connectivity index (χ0n) is 20.5. The van der Waals surface area contributed by atoms with Crippen molar-refractivity contribution < 1.29 is 19.7 Å². The highest BCUT2D eigenvalue weighted by Gasteiger charge is 2.47. The molecule has 37 heavy (non-hydrogen) atoms. The standard InChI is InChI=1S/C24H27N9O4/c1-12-7-14(9-26-8-12)20-30-21(27-10-15-6-4-5-13(2)29-15)16-22(31-20)33(11-28-16)24-18(35)17(34)19(37-24)23(36)32-25-3/h4-9,11,17-19,24-25,34-35H,10H2,1-3H3,(H,32,36)(H,27,30,31)/t17-,18+,19-,24+/m0/s1. The summed E-state index contributed by atoms with van der Waals surface area (Å²) in [6.45, 7) is 4.23. The molecule has 0 radical (unpaired) electrons. The number of aryl methyl sites for hydroxylation is 2. The topological polar surface area (TPSA) is 172 Å². The monoisotopic (exact) mass is 505 g/mol. The van der Waals surface area contributed by atoms with Crippen LogP contribution < -0.4 is 16.2 Å². The maximum Gasteiger partial charge on any atom is 0.266 e. The van der Waals surface area contributed by atoms with Gasteiger partial charge in [0, 0.05) is 30.7 Å². The van der Waals surface area contributed by atoms with E-state index in [1.165, 1.54) is 17.9 Å². The molecule has 1 saturated heterocycles. The van der Waals surface area contributed by atoms with Crippen molar-refractivity contribution in [2.75, 3.05) is 12.4 Å². The van der Waals surface area contributed by atoms with E-state index in [1.54, 1.807) is 12.4 Å². The van der Waals surface area contributed by atoms with Gasteiger partial charge in [0.1, 0.15) is 12.2 Å². The number of hydrazine groups is 1. The minimum absolute atomic E-state index is 0.345. The number of carbonyl (C=O) groups excluding carboxylic acids is 1. The van der Waals surface area contributed by atoms with Gasteiger partial charge >= 0.3 is 0 Å². The molecule has 0 bridgehead atoms. The molecule has 1 aliphatic rings. The molecule has 1 aliphatic heterocycles. The maximum atomic E-state index is 12.3. The van der Waals surface area contributed by atoms with Crippen LogP contribution in [0.2, 0.25) is 0 Å². The highest BCUT2D eigenvalue weighted by atomic mass is 16.6. The first kappa shape index (κ1) is 24.6. The van der Waals surface area contributed by atoms with Gasteiger partial charge in [0.15, 0.2) is 35.1 Å². The van der Waals surface area contributed by atoms with Gasteiger partial charge in [-0.15, -0.1) is 0 Å². The van der Waals surface area contributed by atoms with E-state index in [2.05, 4.69) is 31.1 Å². The van der Waals surface area contributed by atoms with Gasteiger partial charge in [0.2, 0.25) is 0 Å². The van der Waals surface area contributed by atoms with Gasteiger partial charge in [-0.25, -0.2) is 20.4 Å². The number of hydrogen-bond donors (Lipinski definition) is 5. The molecule has 0 spiro atoms. The summed E-state index contributed by atoms with van der Waals surface area (Å²) in [5.74, 6) is 0.207. The minimum atomic E-state index is -1.46. The number of aliphatic hydroxyl groups excluding tert-OH is 2. The lowest BCUT2D eigenvalue weighted by Gasteiger charge is -2.17. The molecule has 0 aliphatic carbocycles. The molecule has 13 nitrogen and oxygen atoms in total. The molecule has 5 N–H and O–H groups in total. The van der Waals surface area contributed by atoms with E-state index in [0.717, 1.165) is 17.0 Å². The summed E-state index contributed by atoms with van der Waals surface area (Å²) in [6.07, 6.45) is -0.444. The number of carbonyl (C=O) groups is 1. The highest BCUT2D eigenvalue weighted by molar-refractivity contribution is 5.85. The van der Waals surface area contributed by atoms with E-state index in [1.807, 2.05) is 38.1 Å². The number of pyridine rings is 2. The SMILES string of the molecule is CNNC(=O)[C@H]1O[C@@H](n2cnc3c(NCc4cccc(C)n4)nc(-c4cncc(C)c4)nc32)[C@H](O)[C@@H]1O. The van der Waals surface area contributed by atoms with Crippen LogP contribution in [0.4, 0.5) is 5.82 Å². The molecule has 0 unspecified atom stereocenters. The van der Waals surface area contributed by atoms with Crippen LogP contribution in [0, 0.1) is 13.8 Å². The zero-order chi connectivity index (χ0) is 26.1. The van der Waals surface area contributed by atoms with Crippen molar-refractivity contribution in [3.05, 3.63) is 59.9 Å². The number of aliphatic hydroxyl groups is 2. The Morgan fingerprint density at radius 1 is 1.14 bits per heavy atom. The molecule has 0 aromatic carbocycles. The number of nitrogens with one attached hydrogen (secondary N) is 3. The zero-order valence-corrected chi connectivity index (χ0v) is 20.5. The number of aromatic nitrogens is 6. The summed E-state index contributed by atoms with van der Waals surface area (Å²) in [6, 6.07) is 7.66. The van der Waals surface area contributed by atoms with Crippen LogP contribution in [0.15, 0.2) is 43.0 Å². The summed E-state index contributed by atoms with van der Waals surface area (Å²) in [4.78, 5) is 34.9. The fourth-order valence-electron chi connectivity index (χ4n) is 4.20. The Balaban J connectivity index is 1.56. The largest absolute Gasteiger partial charge is 0.387 e. The van der Waals surface area contributed by atoms with Crippen LogP contribution >= 0.6 is 0 Å². The van der Waals surface area contributed by atoms with Gasteiger partial charge in [0.25, 0.3) is 5.91 Å². The van der Waals surface area contributed by atoms with Crippen molar-refractivity contribution in [1.82, 2.24) is 40.3 Å². The van der Waals surface area contributed by atoms with Crippen LogP contribution in [0.1, 0.15) is 23.2 Å². The van der Waals surface area contributed by atoms with Crippen LogP contribution in [0.25, 0.3) is 22.6 Å². The van der Waals surface area contributed by atoms with Crippen molar-refractivity contribution in [3.8, 4) is 11.4 Å². The minimum Gasteiger partial charge on any atom is -0.387 e. The average Bonchev–Trinajstić information content (AvgIpc) is 3.43. The van der Waals surface area contributed by atoms with Crippen molar-refractivity contribution in [3.63, 3.8) is 0 Å². The number of hydrogen-bond acceptors (Lipinski definition) is 11. The van der Waals surface area contributed by atoms with Gasteiger partial charge in [-0.05, 0) is 37.6 Å². The summed E-state index contributed by atoms with van der Waals surface area (Å²) in [5, 5.41) is 24.5. The molecule has 4 atom stereocenters. The van der Waals surface area contributed by atoms with Crippen LogP contribution in [-0.4, -0.2) is 71.0 Å². The van der Waals surface area contributed by atoms with E-state index in [0.29, 0.717) is 34.9 Å². The lowest BCUT2D eigenvalue weighted by molar-refractivity contribution is -0.138. The summed E-state index contributed by atoms with van der Waals surface area (Å²) >= 11 is 0. The quantitative estimate of drug-likeness (QED) is 0.220. The van der Waals surface area contributed by atoms with Gasteiger partial charge in [-0.3, -0.25) is 24.8 Å². The predicted octanol–water partition coefficient (Wildman–Crippen LogP) is 0.382. The predicted molar refractivity (Wildman–Crippen MR) is 133 cm³/mol. The van der Waals surface area contributed by atoms with Gasteiger partial charge in [-0.2, -0.15) is 0 Å². The molecule has 5 heterocycles. The second kappa shape index (κ2) is 10.1. The lowest BCUT2D eigenvalue weighted by atomic mass is 10.1. The number of amides is 1. The smallest absolute Gasteiger partial charge is 0.266 e. The van der Waals surface area contributed by atoms with Gasteiger partial charge < -0.3 is 20.3 Å². The van der Waals surface area contributed by atoms with Gasteiger partial charge in [-0.1, -0.05) is 6.07 Å². The molecule has 1 amide bonds. The third kappa shape index (κ3) is 4.84.